The first-order chi connectivity index (χ1) is 12.3. The molecule has 0 amide bonds. The summed E-state index contributed by atoms with van der Waals surface area (Å²) in [7, 11) is 0. The minimum absolute atomic E-state index is 0.0385. The molecule has 6 aliphatic rings. The van der Waals surface area contributed by atoms with Gasteiger partial charge < -0.3 is 19.3 Å². The fraction of sp³-hybridized carbons (Fsp3) is 0.800. The lowest BCUT2D eigenvalue weighted by atomic mass is 9.44. The van der Waals surface area contributed by atoms with Gasteiger partial charge in [0, 0.05) is 17.3 Å². The summed E-state index contributed by atoms with van der Waals surface area (Å²) in [5.41, 5.74) is -1.42. The van der Waals surface area contributed by atoms with Crippen LogP contribution in [0.4, 0.5) is 0 Å². The van der Waals surface area contributed by atoms with Gasteiger partial charge in [-0.3, -0.25) is 9.59 Å². The molecule has 1 N–H and O–H groups in total. The molecule has 6 rings (SSSR count). The number of carbonyl (C=O) groups is 2. The molecule has 9 atom stereocenters. The number of ketones is 1. The largest absolute Gasteiger partial charge is 0.461 e. The van der Waals surface area contributed by atoms with E-state index in [1.807, 2.05) is 0 Å². The van der Waals surface area contributed by atoms with Gasteiger partial charge in [0.15, 0.2) is 12.1 Å². The van der Waals surface area contributed by atoms with E-state index in [1.165, 1.54) is 0 Å². The summed E-state index contributed by atoms with van der Waals surface area (Å²) in [6, 6.07) is 0. The molecular formula is C20H24O6. The van der Waals surface area contributed by atoms with Crippen molar-refractivity contribution in [2.45, 2.75) is 51.1 Å². The molecule has 3 aliphatic heterocycles. The van der Waals surface area contributed by atoms with Crippen LogP contribution in [0.25, 0.3) is 0 Å². The lowest BCUT2D eigenvalue weighted by Crippen LogP contribution is -2.70. The third kappa shape index (κ3) is 1.40. The average molecular weight is 360 g/mol. The van der Waals surface area contributed by atoms with E-state index in [-0.39, 0.29) is 35.4 Å². The Morgan fingerprint density at radius 3 is 2.77 bits per heavy atom. The molecule has 3 aliphatic carbocycles. The molecule has 0 radical (unpaired) electrons. The summed E-state index contributed by atoms with van der Waals surface area (Å²) < 4.78 is 18.0. The molecule has 3 saturated carbocycles. The molecule has 0 aromatic carbocycles. The van der Waals surface area contributed by atoms with Crippen LogP contribution in [-0.2, 0) is 23.8 Å². The maximum absolute atomic E-state index is 13.2. The van der Waals surface area contributed by atoms with Crippen LogP contribution in [0.15, 0.2) is 12.2 Å². The SMILES string of the molecule is C=C1C(=O)[C@]23C[C@@H]1C[C@@H](O)[C@H]2C12CO[C@@H]4OC[C@](C)(CC[C@@H]1OC3=O)[C@@H]42. The number of aliphatic hydroxyl groups excluding tert-OH is 1. The second-order valence-electron chi connectivity index (χ2n) is 9.67. The molecule has 2 bridgehead atoms. The van der Waals surface area contributed by atoms with Crippen LogP contribution in [0, 0.1) is 34.0 Å². The Morgan fingerprint density at radius 1 is 1.19 bits per heavy atom. The number of esters is 1. The van der Waals surface area contributed by atoms with E-state index in [2.05, 4.69) is 13.5 Å². The first kappa shape index (κ1) is 15.8. The van der Waals surface area contributed by atoms with Gasteiger partial charge in [0.05, 0.1) is 19.3 Å². The van der Waals surface area contributed by atoms with Gasteiger partial charge in [-0.2, -0.15) is 0 Å². The Kier molecular flexibility index (Phi) is 2.68. The number of hydrogen-bond acceptors (Lipinski definition) is 6. The van der Waals surface area contributed by atoms with Crippen molar-refractivity contribution in [2.75, 3.05) is 13.2 Å². The minimum Gasteiger partial charge on any atom is -0.461 e. The Hall–Kier alpha value is -1.24. The summed E-state index contributed by atoms with van der Waals surface area (Å²) in [6.07, 6.45) is 1.18. The molecule has 2 spiro atoms. The topological polar surface area (TPSA) is 82.1 Å². The van der Waals surface area contributed by atoms with Gasteiger partial charge in [-0.25, -0.2) is 0 Å². The van der Waals surface area contributed by atoms with Crippen molar-refractivity contribution < 1.29 is 28.9 Å². The number of hydrogen-bond donors (Lipinski definition) is 1. The highest BCUT2D eigenvalue weighted by molar-refractivity contribution is 6.15. The normalized spacial score (nSPS) is 59.7. The van der Waals surface area contributed by atoms with Gasteiger partial charge in [-0.15, -0.1) is 0 Å². The van der Waals surface area contributed by atoms with Crippen molar-refractivity contribution in [1.29, 1.82) is 0 Å². The van der Waals surface area contributed by atoms with E-state index in [9.17, 15) is 14.7 Å². The third-order valence-corrected chi connectivity index (χ3v) is 8.65. The average Bonchev–Trinajstić information content (AvgIpc) is 3.22. The smallest absolute Gasteiger partial charge is 0.320 e. The van der Waals surface area contributed by atoms with Gasteiger partial charge in [0.2, 0.25) is 0 Å². The Balaban J connectivity index is 1.59. The molecule has 1 unspecified atom stereocenters. The zero-order valence-corrected chi connectivity index (χ0v) is 14.9. The molecule has 6 fully saturated rings. The molecule has 3 saturated heterocycles. The standard InChI is InChI=1S/C20H24O6/c1-9-10-5-11(21)13-19(6-10,15(9)22)17(23)26-12-3-4-18(2)7-24-16-14(18)20(12,13)8-25-16/h10-14,16,21H,1,3-8H2,2H3/t10-,11+,12-,13+,14+,16-,18-,19-,20?/m0/s1. The summed E-state index contributed by atoms with van der Waals surface area (Å²) in [4.78, 5) is 26.4. The second-order valence-corrected chi connectivity index (χ2v) is 9.67. The second kappa shape index (κ2) is 4.42. The van der Waals surface area contributed by atoms with E-state index >= 15 is 0 Å². The van der Waals surface area contributed by atoms with Gasteiger partial charge in [0.25, 0.3) is 0 Å². The highest BCUT2D eigenvalue weighted by atomic mass is 16.7. The molecule has 140 valence electrons. The number of aliphatic hydroxyl groups is 1. The Morgan fingerprint density at radius 2 is 1.96 bits per heavy atom. The fourth-order valence-electron chi connectivity index (χ4n) is 7.73. The van der Waals surface area contributed by atoms with Crippen LogP contribution < -0.4 is 0 Å². The van der Waals surface area contributed by atoms with E-state index < -0.39 is 28.8 Å². The summed E-state index contributed by atoms with van der Waals surface area (Å²) in [6.45, 7) is 7.15. The van der Waals surface area contributed by atoms with Crippen LogP contribution in [0.3, 0.4) is 0 Å². The van der Waals surface area contributed by atoms with Crippen molar-refractivity contribution in [3.8, 4) is 0 Å². The number of ether oxygens (including phenoxy) is 3. The van der Waals surface area contributed by atoms with E-state index in [0.29, 0.717) is 31.6 Å². The maximum Gasteiger partial charge on any atom is 0.320 e. The summed E-state index contributed by atoms with van der Waals surface area (Å²) >= 11 is 0. The molecule has 0 aromatic heterocycles. The van der Waals surface area contributed by atoms with Gasteiger partial charge in [-0.05, 0) is 42.6 Å². The number of rotatable bonds is 0. The van der Waals surface area contributed by atoms with Gasteiger partial charge in [-0.1, -0.05) is 13.5 Å². The van der Waals surface area contributed by atoms with Crippen LogP contribution in [0.5, 0.6) is 0 Å². The van der Waals surface area contributed by atoms with Crippen molar-refractivity contribution in [3.63, 3.8) is 0 Å². The first-order valence-corrected chi connectivity index (χ1v) is 9.70. The molecule has 6 heteroatoms. The highest BCUT2D eigenvalue weighted by Crippen LogP contribution is 2.72. The highest BCUT2D eigenvalue weighted by Gasteiger charge is 2.80. The first-order valence-electron chi connectivity index (χ1n) is 9.70. The van der Waals surface area contributed by atoms with E-state index in [4.69, 9.17) is 14.2 Å². The predicted octanol–water partition coefficient (Wildman–Crippen LogP) is 1.21. The zero-order valence-electron chi connectivity index (χ0n) is 14.9. The predicted molar refractivity (Wildman–Crippen MR) is 87.6 cm³/mol. The number of allylic oxidation sites excluding steroid dienone is 1. The minimum atomic E-state index is -1.28. The zero-order chi connectivity index (χ0) is 18.1. The van der Waals surface area contributed by atoms with E-state index in [0.717, 1.165) is 12.8 Å². The van der Waals surface area contributed by atoms with Crippen LogP contribution in [0.1, 0.15) is 32.6 Å². The Bertz CT molecular complexity index is 761. The van der Waals surface area contributed by atoms with Crippen molar-refractivity contribution in [3.05, 3.63) is 12.2 Å². The van der Waals surface area contributed by atoms with Crippen LogP contribution in [-0.4, -0.2) is 48.6 Å². The fourth-order valence-corrected chi connectivity index (χ4v) is 7.73. The monoisotopic (exact) mass is 360 g/mol. The Labute approximate surface area is 151 Å². The lowest BCUT2D eigenvalue weighted by molar-refractivity contribution is -0.246. The molecule has 26 heavy (non-hydrogen) atoms. The van der Waals surface area contributed by atoms with Crippen molar-refractivity contribution in [2.24, 2.45) is 34.0 Å². The van der Waals surface area contributed by atoms with Crippen molar-refractivity contribution >= 4 is 11.8 Å². The maximum atomic E-state index is 13.2. The van der Waals surface area contributed by atoms with E-state index in [1.54, 1.807) is 0 Å². The molecular weight excluding hydrogens is 336 g/mol. The summed E-state index contributed by atoms with van der Waals surface area (Å²) in [5.74, 6) is -1.22. The quantitative estimate of drug-likeness (QED) is 0.397. The molecule has 0 aromatic rings. The molecule has 3 heterocycles. The molecule has 6 nitrogen and oxygen atoms in total. The number of carbonyl (C=O) groups excluding carboxylic acids is 2. The van der Waals surface area contributed by atoms with Crippen LogP contribution in [0.2, 0.25) is 0 Å². The van der Waals surface area contributed by atoms with Crippen molar-refractivity contribution in [1.82, 2.24) is 0 Å². The summed E-state index contributed by atoms with van der Waals surface area (Å²) in [5, 5.41) is 11.2. The van der Waals surface area contributed by atoms with Crippen LogP contribution >= 0.6 is 0 Å². The van der Waals surface area contributed by atoms with Gasteiger partial charge in [0.1, 0.15) is 11.5 Å². The van der Waals surface area contributed by atoms with Gasteiger partial charge >= 0.3 is 5.97 Å². The lowest BCUT2D eigenvalue weighted by Gasteiger charge is -2.61. The number of fused-ring (bicyclic) bond motifs is 1. The third-order valence-electron chi connectivity index (χ3n) is 8.65. The number of Topliss-reactive ketones (excluding diaryl/α,β-unsaturated/α-hetero) is 1.